The quantitative estimate of drug-likeness (QED) is 0.570. The third-order valence-electron chi connectivity index (χ3n) is 5.76. The fourth-order valence-electron chi connectivity index (χ4n) is 3.89. The molecule has 2 aromatic rings. The average Bonchev–Trinajstić information content (AvgIpc) is 2.79. The SMILES string of the molecule is COc1ccc(CCNC(=O)CN2CCCC(CNS(=O)(=O)c3ccc(C)cc3)C2)cc1. The Hall–Kier alpha value is -2.42. The van der Waals surface area contributed by atoms with Crippen LogP contribution in [0.3, 0.4) is 0 Å². The number of hydrogen-bond donors (Lipinski definition) is 2. The number of nitrogens with one attached hydrogen (secondary N) is 2. The van der Waals surface area contributed by atoms with E-state index in [4.69, 9.17) is 4.74 Å². The molecule has 1 unspecified atom stereocenters. The Morgan fingerprint density at radius 1 is 1.12 bits per heavy atom. The number of amides is 1. The Morgan fingerprint density at radius 3 is 2.53 bits per heavy atom. The van der Waals surface area contributed by atoms with Crippen molar-refractivity contribution in [2.45, 2.75) is 31.1 Å². The summed E-state index contributed by atoms with van der Waals surface area (Å²) in [5.74, 6) is 1.01. The van der Waals surface area contributed by atoms with Gasteiger partial charge >= 0.3 is 0 Å². The van der Waals surface area contributed by atoms with Gasteiger partial charge in [0.2, 0.25) is 15.9 Å². The standard InChI is InChI=1S/C24H33N3O4S/c1-19-5-11-23(12-6-19)32(29,30)26-16-21-4-3-15-27(17-21)18-24(28)25-14-13-20-7-9-22(31-2)10-8-20/h5-12,21,26H,3-4,13-18H2,1-2H3,(H,25,28). The summed E-state index contributed by atoms with van der Waals surface area (Å²) in [6.07, 6.45) is 2.67. The second kappa shape index (κ2) is 11.4. The molecule has 1 fully saturated rings. The van der Waals surface area contributed by atoms with Crippen molar-refractivity contribution in [3.8, 4) is 5.75 Å². The van der Waals surface area contributed by atoms with E-state index in [1.165, 1.54) is 0 Å². The minimum absolute atomic E-state index is 0.000558. The van der Waals surface area contributed by atoms with Crippen molar-refractivity contribution < 1.29 is 17.9 Å². The normalized spacial score (nSPS) is 17.1. The summed E-state index contributed by atoms with van der Waals surface area (Å²) in [5.41, 5.74) is 2.17. The van der Waals surface area contributed by atoms with Gasteiger partial charge in [0.05, 0.1) is 18.6 Å². The summed E-state index contributed by atoms with van der Waals surface area (Å²) in [4.78, 5) is 14.7. The Bertz CT molecular complexity index is 975. The number of hydrogen-bond acceptors (Lipinski definition) is 5. The fraction of sp³-hybridized carbons (Fsp3) is 0.458. The molecule has 0 saturated carbocycles. The van der Waals surface area contributed by atoms with Gasteiger partial charge in [-0.2, -0.15) is 0 Å². The first kappa shape index (κ1) is 24.2. The predicted molar refractivity (Wildman–Crippen MR) is 125 cm³/mol. The number of sulfonamides is 1. The lowest BCUT2D eigenvalue weighted by Gasteiger charge is -2.32. The topological polar surface area (TPSA) is 87.7 Å². The second-order valence-electron chi connectivity index (χ2n) is 8.36. The first-order valence-corrected chi connectivity index (χ1v) is 12.5. The predicted octanol–water partition coefficient (Wildman–Crippen LogP) is 2.35. The van der Waals surface area contributed by atoms with Gasteiger partial charge in [0.25, 0.3) is 0 Å². The molecule has 1 aliphatic heterocycles. The third kappa shape index (κ3) is 7.32. The Labute approximate surface area is 191 Å². The smallest absolute Gasteiger partial charge is 0.240 e. The van der Waals surface area contributed by atoms with Gasteiger partial charge in [0.1, 0.15) is 5.75 Å². The van der Waals surface area contributed by atoms with E-state index in [0.29, 0.717) is 26.2 Å². The summed E-state index contributed by atoms with van der Waals surface area (Å²) >= 11 is 0. The fourth-order valence-corrected chi connectivity index (χ4v) is 5.00. The van der Waals surface area contributed by atoms with Gasteiger partial charge in [-0.25, -0.2) is 13.1 Å². The summed E-state index contributed by atoms with van der Waals surface area (Å²) in [5, 5.41) is 2.98. The number of ether oxygens (including phenoxy) is 1. The maximum absolute atomic E-state index is 12.5. The lowest BCUT2D eigenvalue weighted by molar-refractivity contribution is -0.122. The summed E-state index contributed by atoms with van der Waals surface area (Å²) in [6.45, 7) is 4.79. The van der Waals surface area contributed by atoms with Gasteiger partial charge in [-0.3, -0.25) is 9.69 Å². The van der Waals surface area contributed by atoms with Crippen LogP contribution in [-0.2, 0) is 21.2 Å². The number of piperidine rings is 1. The number of carbonyl (C=O) groups is 1. The number of methoxy groups -OCH3 is 1. The Balaban J connectivity index is 1.40. The van der Waals surface area contributed by atoms with E-state index in [2.05, 4.69) is 14.9 Å². The molecule has 0 radical (unpaired) electrons. The zero-order chi connectivity index (χ0) is 23.0. The number of likely N-dealkylation sites (tertiary alicyclic amines) is 1. The van der Waals surface area contributed by atoms with Gasteiger partial charge < -0.3 is 10.1 Å². The molecule has 2 N–H and O–H groups in total. The van der Waals surface area contributed by atoms with Gasteiger partial charge in [-0.1, -0.05) is 29.8 Å². The minimum atomic E-state index is -3.52. The Kier molecular flexibility index (Phi) is 8.67. The van der Waals surface area contributed by atoms with E-state index in [1.807, 2.05) is 31.2 Å². The molecule has 1 atom stereocenters. The van der Waals surface area contributed by atoms with Crippen LogP contribution in [0, 0.1) is 12.8 Å². The number of nitrogens with zero attached hydrogens (tertiary/aromatic N) is 1. The number of benzene rings is 2. The molecule has 0 aliphatic carbocycles. The van der Waals surface area contributed by atoms with Crippen molar-refractivity contribution in [1.82, 2.24) is 14.9 Å². The molecule has 0 aromatic heterocycles. The van der Waals surface area contributed by atoms with Crippen LogP contribution < -0.4 is 14.8 Å². The third-order valence-corrected chi connectivity index (χ3v) is 7.20. The van der Waals surface area contributed by atoms with E-state index < -0.39 is 10.0 Å². The highest BCUT2D eigenvalue weighted by Gasteiger charge is 2.23. The first-order chi connectivity index (χ1) is 15.4. The maximum atomic E-state index is 12.5. The number of aryl methyl sites for hydroxylation is 1. The number of carbonyl (C=O) groups excluding carboxylic acids is 1. The van der Waals surface area contributed by atoms with E-state index in [0.717, 1.165) is 42.7 Å². The van der Waals surface area contributed by atoms with Crippen molar-refractivity contribution in [3.63, 3.8) is 0 Å². The van der Waals surface area contributed by atoms with Crippen LogP contribution >= 0.6 is 0 Å². The van der Waals surface area contributed by atoms with Crippen LogP contribution in [0.15, 0.2) is 53.4 Å². The van der Waals surface area contributed by atoms with Crippen LogP contribution in [0.2, 0.25) is 0 Å². The molecular weight excluding hydrogens is 426 g/mol. The molecule has 0 spiro atoms. The van der Waals surface area contributed by atoms with Crippen LogP contribution in [0.25, 0.3) is 0 Å². The van der Waals surface area contributed by atoms with E-state index in [1.54, 1.807) is 31.4 Å². The molecule has 2 aromatic carbocycles. The van der Waals surface area contributed by atoms with Gasteiger partial charge in [0.15, 0.2) is 0 Å². The van der Waals surface area contributed by atoms with Crippen molar-refractivity contribution in [2.24, 2.45) is 5.92 Å². The zero-order valence-corrected chi connectivity index (χ0v) is 19.7. The van der Waals surface area contributed by atoms with Crippen molar-refractivity contribution in [2.75, 3.05) is 39.8 Å². The van der Waals surface area contributed by atoms with Crippen LogP contribution in [0.4, 0.5) is 0 Å². The molecule has 7 nitrogen and oxygen atoms in total. The van der Waals surface area contributed by atoms with Gasteiger partial charge in [-0.15, -0.1) is 0 Å². The molecular formula is C24H33N3O4S. The highest BCUT2D eigenvalue weighted by molar-refractivity contribution is 7.89. The van der Waals surface area contributed by atoms with Crippen LogP contribution in [0.5, 0.6) is 5.75 Å². The minimum Gasteiger partial charge on any atom is -0.497 e. The molecule has 174 valence electrons. The largest absolute Gasteiger partial charge is 0.497 e. The Morgan fingerprint density at radius 2 is 1.84 bits per heavy atom. The molecule has 8 heteroatoms. The van der Waals surface area contributed by atoms with Crippen LogP contribution in [-0.4, -0.2) is 59.1 Å². The lowest BCUT2D eigenvalue weighted by atomic mass is 9.98. The molecule has 1 amide bonds. The molecule has 1 aliphatic rings. The van der Waals surface area contributed by atoms with E-state index >= 15 is 0 Å². The summed E-state index contributed by atoms with van der Waals surface area (Å²) in [7, 11) is -1.88. The van der Waals surface area contributed by atoms with Crippen molar-refractivity contribution >= 4 is 15.9 Å². The van der Waals surface area contributed by atoms with Gasteiger partial charge in [-0.05, 0) is 68.5 Å². The second-order valence-corrected chi connectivity index (χ2v) is 10.1. The zero-order valence-electron chi connectivity index (χ0n) is 18.8. The molecule has 32 heavy (non-hydrogen) atoms. The monoisotopic (exact) mass is 459 g/mol. The summed E-state index contributed by atoms with van der Waals surface area (Å²) in [6, 6.07) is 14.7. The van der Waals surface area contributed by atoms with Crippen LogP contribution in [0.1, 0.15) is 24.0 Å². The van der Waals surface area contributed by atoms with Crippen molar-refractivity contribution in [1.29, 1.82) is 0 Å². The first-order valence-electron chi connectivity index (χ1n) is 11.0. The molecule has 1 saturated heterocycles. The lowest BCUT2D eigenvalue weighted by Crippen LogP contribution is -2.45. The highest BCUT2D eigenvalue weighted by Crippen LogP contribution is 2.17. The molecule has 0 bridgehead atoms. The summed E-state index contributed by atoms with van der Waals surface area (Å²) < 4.78 is 32.9. The van der Waals surface area contributed by atoms with E-state index in [-0.39, 0.29) is 16.7 Å². The molecule has 3 rings (SSSR count). The van der Waals surface area contributed by atoms with Gasteiger partial charge in [0, 0.05) is 19.6 Å². The maximum Gasteiger partial charge on any atom is 0.240 e. The van der Waals surface area contributed by atoms with Crippen molar-refractivity contribution in [3.05, 3.63) is 59.7 Å². The van der Waals surface area contributed by atoms with E-state index in [9.17, 15) is 13.2 Å². The molecule has 1 heterocycles. The highest BCUT2D eigenvalue weighted by atomic mass is 32.2. The average molecular weight is 460 g/mol. The number of rotatable bonds is 10.